The summed E-state index contributed by atoms with van der Waals surface area (Å²) in [6, 6.07) is 7.93. The quantitative estimate of drug-likeness (QED) is 0.929. The van der Waals surface area contributed by atoms with Crippen molar-refractivity contribution in [3.8, 4) is 0 Å². The second-order valence-electron chi connectivity index (χ2n) is 5.41. The van der Waals surface area contributed by atoms with Crippen molar-refractivity contribution in [2.24, 2.45) is 13.0 Å². The van der Waals surface area contributed by atoms with Crippen LogP contribution in [0.5, 0.6) is 0 Å². The summed E-state index contributed by atoms with van der Waals surface area (Å²) >= 11 is 0. The number of nitrogens with one attached hydrogen (secondary N) is 1. The Balaban J connectivity index is 2.39. The van der Waals surface area contributed by atoms with Crippen molar-refractivity contribution in [2.75, 3.05) is 0 Å². The van der Waals surface area contributed by atoms with Crippen LogP contribution < -0.4 is 5.32 Å². The maximum atomic E-state index is 12.1. The number of hydrogen-bond donors (Lipinski definition) is 1. The van der Waals surface area contributed by atoms with Crippen LogP contribution in [-0.4, -0.2) is 15.5 Å². The molecule has 0 aliphatic heterocycles. The molecule has 1 N–H and O–H groups in total. The molecular formula is C16H21N3O. The fourth-order valence-corrected chi connectivity index (χ4v) is 2.11. The lowest BCUT2D eigenvalue weighted by Crippen LogP contribution is -2.33. The summed E-state index contributed by atoms with van der Waals surface area (Å²) in [5.41, 5.74) is 2.22. The first-order valence-corrected chi connectivity index (χ1v) is 6.83. The van der Waals surface area contributed by atoms with Crippen LogP contribution in [-0.2, 0) is 11.8 Å². The SMILES string of the molecule is Cc1cccc(C(NC(=O)C(C)C)c2nccn2C)c1. The molecule has 106 valence electrons. The number of imidazole rings is 1. The molecule has 1 unspecified atom stereocenters. The predicted molar refractivity (Wildman–Crippen MR) is 79.2 cm³/mol. The molecule has 1 aromatic heterocycles. The van der Waals surface area contributed by atoms with Gasteiger partial charge in [0.05, 0.1) is 0 Å². The lowest BCUT2D eigenvalue weighted by Gasteiger charge is -2.20. The van der Waals surface area contributed by atoms with Crippen LogP contribution in [0.2, 0.25) is 0 Å². The summed E-state index contributed by atoms with van der Waals surface area (Å²) < 4.78 is 1.94. The average molecular weight is 271 g/mol. The van der Waals surface area contributed by atoms with Crippen molar-refractivity contribution in [2.45, 2.75) is 26.8 Å². The van der Waals surface area contributed by atoms with Crippen LogP contribution in [0.15, 0.2) is 36.7 Å². The third-order valence-electron chi connectivity index (χ3n) is 3.30. The van der Waals surface area contributed by atoms with Gasteiger partial charge in [0, 0.05) is 25.4 Å². The third kappa shape index (κ3) is 3.07. The Morgan fingerprint density at radius 1 is 1.35 bits per heavy atom. The second-order valence-corrected chi connectivity index (χ2v) is 5.41. The van der Waals surface area contributed by atoms with Gasteiger partial charge in [-0.1, -0.05) is 43.7 Å². The number of carbonyl (C=O) groups excluding carboxylic acids is 1. The van der Waals surface area contributed by atoms with Gasteiger partial charge < -0.3 is 9.88 Å². The molecule has 1 atom stereocenters. The molecule has 4 nitrogen and oxygen atoms in total. The fraction of sp³-hybridized carbons (Fsp3) is 0.375. The van der Waals surface area contributed by atoms with Gasteiger partial charge in [0.15, 0.2) is 0 Å². The van der Waals surface area contributed by atoms with E-state index in [1.807, 2.05) is 56.8 Å². The normalized spacial score (nSPS) is 12.4. The van der Waals surface area contributed by atoms with Gasteiger partial charge in [0.2, 0.25) is 5.91 Å². The first-order chi connectivity index (χ1) is 9.49. The Morgan fingerprint density at radius 2 is 2.10 bits per heavy atom. The first kappa shape index (κ1) is 14.3. The van der Waals surface area contributed by atoms with Crippen LogP contribution in [0.1, 0.15) is 36.8 Å². The van der Waals surface area contributed by atoms with Gasteiger partial charge in [-0.05, 0) is 12.5 Å². The van der Waals surface area contributed by atoms with E-state index in [1.54, 1.807) is 6.20 Å². The lowest BCUT2D eigenvalue weighted by atomic mass is 10.0. The summed E-state index contributed by atoms with van der Waals surface area (Å²) in [6.07, 6.45) is 3.64. The van der Waals surface area contributed by atoms with Crippen LogP contribution in [0.25, 0.3) is 0 Å². The molecule has 0 bridgehead atoms. The van der Waals surface area contributed by atoms with Crippen LogP contribution in [0, 0.1) is 12.8 Å². The number of carbonyl (C=O) groups is 1. The van der Waals surface area contributed by atoms with E-state index in [0.29, 0.717) is 0 Å². The minimum Gasteiger partial charge on any atom is -0.342 e. The molecule has 1 heterocycles. The molecule has 0 fully saturated rings. The molecule has 2 rings (SSSR count). The zero-order valence-electron chi connectivity index (χ0n) is 12.4. The largest absolute Gasteiger partial charge is 0.342 e. The van der Waals surface area contributed by atoms with E-state index in [2.05, 4.69) is 16.4 Å². The summed E-state index contributed by atoms with van der Waals surface area (Å²) in [7, 11) is 1.94. The number of hydrogen-bond acceptors (Lipinski definition) is 2. The highest BCUT2D eigenvalue weighted by molar-refractivity contribution is 5.78. The molecule has 0 radical (unpaired) electrons. The minimum atomic E-state index is -0.218. The second kappa shape index (κ2) is 5.90. The van der Waals surface area contributed by atoms with E-state index in [0.717, 1.165) is 11.4 Å². The molecule has 1 aromatic carbocycles. The Bertz CT molecular complexity index is 601. The molecular weight excluding hydrogens is 250 g/mol. The van der Waals surface area contributed by atoms with Gasteiger partial charge in [-0.3, -0.25) is 4.79 Å². The maximum absolute atomic E-state index is 12.1. The monoisotopic (exact) mass is 271 g/mol. The predicted octanol–water partition coefficient (Wildman–Crippen LogP) is 2.59. The Hall–Kier alpha value is -2.10. The molecule has 0 saturated carbocycles. The number of aryl methyl sites for hydroxylation is 2. The van der Waals surface area contributed by atoms with E-state index in [4.69, 9.17) is 0 Å². The van der Waals surface area contributed by atoms with E-state index < -0.39 is 0 Å². The van der Waals surface area contributed by atoms with Gasteiger partial charge in [0.25, 0.3) is 0 Å². The Labute approximate surface area is 119 Å². The van der Waals surface area contributed by atoms with Crippen molar-refractivity contribution in [1.82, 2.24) is 14.9 Å². The Kier molecular flexibility index (Phi) is 4.23. The van der Waals surface area contributed by atoms with E-state index in [-0.39, 0.29) is 17.9 Å². The van der Waals surface area contributed by atoms with Gasteiger partial charge >= 0.3 is 0 Å². The maximum Gasteiger partial charge on any atom is 0.223 e. The first-order valence-electron chi connectivity index (χ1n) is 6.83. The Morgan fingerprint density at radius 3 is 2.65 bits per heavy atom. The molecule has 20 heavy (non-hydrogen) atoms. The van der Waals surface area contributed by atoms with Crippen LogP contribution in [0.3, 0.4) is 0 Å². The van der Waals surface area contributed by atoms with Crippen molar-refractivity contribution in [3.63, 3.8) is 0 Å². The fourth-order valence-electron chi connectivity index (χ4n) is 2.11. The van der Waals surface area contributed by atoms with Gasteiger partial charge in [-0.2, -0.15) is 0 Å². The highest BCUT2D eigenvalue weighted by atomic mass is 16.1. The standard InChI is InChI=1S/C16H21N3O/c1-11(2)16(20)18-14(15-17-8-9-19(15)4)13-7-5-6-12(3)10-13/h5-11,14H,1-4H3,(H,18,20). The zero-order chi connectivity index (χ0) is 14.7. The number of nitrogens with zero attached hydrogens (tertiary/aromatic N) is 2. The van der Waals surface area contributed by atoms with Crippen LogP contribution >= 0.6 is 0 Å². The van der Waals surface area contributed by atoms with Crippen molar-refractivity contribution in [1.29, 1.82) is 0 Å². The molecule has 0 aliphatic rings. The summed E-state index contributed by atoms with van der Waals surface area (Å²) in [6.45, 7) is 5.82. The average Bonchev–Trinajstić information content (AvgIpc) is 2.81. The molecule has 1 amide bonds. The van der Waals surface area contributed by atoms with E-state index in [1.165, 1.54) is 5.56 Å². The highest BCUT2D eigenvalue weighted by Crippen LogP contribution is 2.21. The van der Waals surface area contributed by atoms with Crippen molar-refractivity contribution < 1.29 is 4.79 Å². The number of aromatic nitrogens is 2. The third-order valence-corrected chi connectivity index (χ3v) is 3.30. The van der Waals surface area contributed by atoms with Crippen molar-refractivity contribution in [3.05, 3.63) is 53.6 Å². The molecule has 0 aliphatic carbocycles. The molecule has 0 spiro atoms. The summed E-state index contributed by atoms with van der Waals surface area (Å²) in [4.78, 5) is 16.5. The summed E-state index contributed by atoms with van der Waals surface area (Å²) in [5, 5.41) is 3.08. The molecule has 4 heteroatoms. The minimum absolute atomic E-state index is 0.0273. The topological polar surface area (TPSA) is 46.9 Å². The smallest absolute Gasteiger partial charge is 0.223 e. The van der Waals surface area contributed by atoms with Gasteiger partial charge in [0.1, 0.15) is 11.9 Å². The summed E-state index contributed by atoms with van der Waals surface area (Å²) in [5.74, 6) is 0.812. The lowest BCUT2D eigenvalue weighted by molar-refractivity contribution is -0.124. The molecule has 2 aromatic rings. The van der Waals surface area contributed by atoms with E-state index >= 15 is 0 Å². The molecule has 0 saturated heterocycles. The number of rotatable bonds is 4. The number of benzene rings is 1. The zero-order valence-corrected chi connectivity index (χ0v) is 12.4. The number of amides is 1. The van der Waals surface area contributed by atoms with Gasteiger partial charge in [-0.25, -0.2) is 4.98 Å². The van der Waals surface area contributed by atoms with Gasteiger partial charge in [-0.15, -0.1) is 0 Å². The van der Waals surface area contributed by atoms with E-state index in [9.17, 15) is 4.79 Å². The highest BCUT2D eigenvalue weighted by Gasteiger charge is 2.21. The van der Waals surface area contributed by atoms with Crippen LogP contribution in [0.4, 0.5) is 0 Å². The van der Waals surface area contributed by atoms with Crippen molar-refractivity contribution >= 4 is 5.91 Å².